The third kappa shape index (κ3) is 1.19. The molecular formula is C20H13B. The third-order valence-electron chi connectivity index (χ3n) is 5.09. The molecule has 3 aromatic rings. The van der Waals surface area contributed by atoms with E-state index in [0.29, 0.717) is 5.92 Å². The highest BCUT2D eigenvalue weighted by Crippen LogP contribution is 2.57. The van der Waals surface area contributed by atoms with Crippen LogP contribution in [0.5, 0.6) is 0 Å². The van der Waals surface area contributed by atoms with Crippen molar-refractivity contribution in [2.24, 2.45) is 0 Å². The van der Waals surface area contributed by atoms with E-state index in [4.69, 9.17) is 7.85 Å². The van der Waals surface area contributed by atoms with Gasteiger partial charge < -0.3 is 0 Å². The lowest BCUT2D eigenvalue weighted by Gasteiger charge is -2.49. The summed E-state index contributed by atoms with van der Waals surface area (Å²) in [5.74, 6) is 0.319. The Balaban J connectivity index is 2.00. The van der Waals surface area contributed by atoms with Crippen molar-refractivity contribution in [2.75, 3.05) is 0 Å². The molecule has 0 amide bonds. The Morgan fingerprint density at radius 3 is 1.29 bits per heavy atom. The molecule has 0 fully saturated rings. The van der Waals surface area contributed by atoms with Crippen LogP contribution in [0.25, 0.3) is 0 Å². The summed E-state index contributed by atoms with van der Waals surface area (Å²) in [6, 6.07) is 25.9. The van der Waals surface area contributed by atoms with Gasteiger partial charge in [0, 0.05) is 11.2 Å². The maximum absolute atomic E-state index is 7.03. The molecule has 6 rings (SSSR count). The zero-order chi connectivity index (χ0) is 14.0. The highest BCUT2D eigenvalue weighted by Gasteiger charge is 2.47. The van der Waals surface area contributed by atoms with Crippen molar-refractivity contribution in [1.82, 2.24) is 0 Å². The van der Waals surface area contributed by atoms with Crippen LogP contribution in [0.2, 0.25) is 0 Å². The van der Waals surface area contributed by atoms with Crippen LogP contribution in [0.4, 0.5) is 0 Å². The van der Waals surface area contributed by atoms with Crippen LogP contribution >= 0.6 is 0 Å². The summed E-state index contributed by atoms with van der Waals surface area (Å²) < 4.78 is 0. The molecule has 0 heterocycles. The van der Waals surface area contributed by atoms with Crippen LogP contribution in [0.3, 0.4) is 0 Å². The molecule has 21 heavy (non-hydrogen) atoms. The van der Waals surface area contributed by atoms with Gasteiger partial charge in [0.25, 0.3) is 0 Å². The van der Waals surface area contributed by atoms with E-state index in [9.17, 15) is 0 Å². The summed E-state index contributed by atoms with van der Waals surface area (Å²) in [5, 5.41) is -0.515. The van der Waals surface area contributed by atoms with Gasteiger partial charge in [-0.05, 0) is 33.4 Å². The second-order valence-electron chi connectivity index (χ2n) is 6.00. The Labute approximate surface area is 125 Å². The summed E-state index contributed by atoms with van der Waals surface area (Å²) in [6.45, 7) is 0. The van der Waals surface area contributed by atoms with Gasteiger partial charge in [0.1, 0.15) is 0 Å². The molecule has 2 radical (unpaired) electrons. The third-order valence-corrected chi connectivity index (χ3v) is 5.09. The maximum Gasteiger partial charge on any atom is 0.0940 e. The van der Waals surface area contributed by atoms with Gasteiger partial charge in [0.15, 0.2) is 0 Å². The second-order valence-corrected chi connectivity index (χ2v) is 6.00. The van der Waals surface area contributed by atoms with Gasteiger partial charge in [0.2, 0.25) is 0 Å². The Bertz CT molecular complexity index is 763. The van der Waals surface area contributed by atoms with Crippen molar-refractivity contribution in [3.05, 3.63) is 106 Å². The summed E-state index contributed by atoms with van der Waals surface area (Å²) in [4.78, 5) is 0. The molecule has 3 aliphatic rings. The zero-order valence-corrected chi connectivity index (χ0v) is 11.6. The molecule has 0 saturated carbocycles. The predicted octanol–water partition coefficient (Wildman–Crippen LogP) is 3.95. The average Bonchev–Trinajstić information content (AvgIpc) is 2.56. The van der Waals surface area contributed by atoms with E-state index < -0.39 is 5.31 Å². The first kappa shape index (κ1) is 11.4. The van der Waals surface area contributed by atoms with E-state index in [1.807, 2.05) is 0 Å². The quantitative estimate of drug-likeness (QED) is 0.539. The summed E-state index contributed by atoms with van der Waals surface area (Å²) in [5.41, 5.74) is 7.85. The van der Waals surface area contributed by atoms with Crippen LogP contribution in [0.15, 0.2) is 72.8 Å². The van der Waals surface area contributed by atoms with Crippen LogP contribution in [-0.4, -0.2) is 7.85 Å². The van der Waals surface area contributed by atoms with Gasteiger partial charge in [0.05, 0.1) is 7.85 Å². The smallest absolute Gasteiger partial charge is 0.0620 e. The van der Waals surface area contributed by atoms with E-state index in [-0.39, 0.29) is 0 Å². The SMILES string of the molecule is [B]C12c3ccccc3C(c3ccccc31)c1ccccc12. The first-order valence-electron chi connectivity index (χ1n) is 7.39. The van der Waals surface area contributed by atoms with Crippen molar-refractivity contribution in [3.63, 3.8) is 0 Å². The Morgan fingerprint density at radius 2 is 0.905 bits per heavy atom. The topological polar surface area (TPSA) is 0 Å². The standard InChI is InChI=1S/C20H13B/c21-20-16-10-4-1-7-13(16)19(14-8-2-5-11-17(14)20)15-9-3-6-12-18(15)20/h1-12,19H. The van der Waals surface area contributed by atoms with E-state index in [1.165, 1.54) is 33.4 Å². The van der Waals surface area contributed by atoms with Crippen molar-refractivity contribution in [3.8, 4) is 0 Å². The van der Waals surface area contributed by atoms with Crippen molar-refractivity contribution < 1.29 is 0 Å². The summed E-state index contributed by atoms with van der Waals surface area (Å²) in [7, 11) is 7.03. The van der Waals surface area contributed by atoms with Crippen molar-refractivity contribution in [1.29, 1.82) is 0 Å². The molecule has 0 spiro atoms. The fourth-order valence-corrected chi connectivity index (χ4v) is 4.26. The molecule has 0 aromatic heterocycles. The van der Waals surface area contributed by atoms with Crippen LogP contribution in [0.1, 0.15) is 39.3 Å². The molecule has 96 valence electrons. The first-order valence-corrected chi connectivity index (χ1v) is 7.39. The normalized spacial score (nSPS) is 24.1. The lowest BCUT2D eigenvalue weighted by Crippen LogP contribution is -2.42. The highest BCUT2D eigenvalue weighted by atomic mass is 14.5. The minimum atomic E-state index is -0.515. The fourth-order valence-electron chi connectivity index (χ4n) is 4.26. The fraction of sp³-hybridized carbons (Fsp3) is 0.100. The monoisotopic (exact) mass is 264 g/mol. The molecule has 1 heteroatoms. The Morgan fingerprint density at radius 1 is 0.571 bits per heavy atom. The second kappa shape index (κ2) is 3.68. The van der Waals surface area contributed by atoms with Gasteiger partial charge in [-0.15, -0.1) is 0 Å². The maximum atomic E-state index is 7.03. The van der Waals surface area contributed by atoms with Crippen LogP contribution < -0.4 is 0 Å². The van der Waals surface area contributed by atoms with Gasteiger partial charge in [-0.25, -0.2) is 0 Å². The minimum Gasteiger partial charge on any atom is -0.0620 e. The molecule has 0 saturated heterocycles. The van der Waals surface area contributed by atoms with Crippen molar-refractivity contribution >= 4 is 7.85 Å². The number of benzene rings is 3. The largest absolute Gasteiger partial charge is 0.0940 e. The lowest BCUT2D eigenvalue weighted by atomic mass is 9.45. The van der Waals surface area contributed by atoms with E-state index in [1.54, 1.807) is 0 Å². The molecular weight excluding hydrogens is 251 g/mol. The van der Waals surface area contributed by atoms with Gasteiger partial charge in [-0.2, -0.15) is 0 Å². The molecule has 0 atom stereocenters. The minimum absolute atomic E-state index is 0.319. The van der Waals surface area contributed by atoms with E-state index in [0.717, 1.165) is 0 Å². The number of hydrogen-bond acceptors (Lipinski definition) is 0. The van der Waals surface area contributed by atoms with Gasteiger partial charge >= 0.3 is 0 Å². The van der Waals surface area contributed by atoms with E-state index in [2.05, 4.69) is 72.8 Å². The first-order chi connectivity index (χ1) is 10.3. The molecule has 3 aliphatic carbocycles. The highest BCUT2D eigenvalue weighted by molar-refractivity contribution is 6.22. The number of hydrogen-bond donors (Lipinski definition) is 0. The van der Waals surface area contributed by atoms with Gasteiger partial charge in [-0.3, -0.25) is 0 Å². The van der Waals surface area contributed by atoms with Crippen molar-refractivity contribution in [2.45, 2.75) is 11.2 Å². The molecule has 0 unspecified atom stereocenters. The average molecular weight is 264 g/mol. The summed E-state index contributed by atoms with van der Waals surface area (Å²) in [6.07, 6.45) is 0. The number of rotatable bonds is 0. The molecule has 0 N–H and O–H groups in total. The Hall–Kier alpha value is -2.28. The van der Waals surface area contributed by atoms with Gasteiger partial charge in [-0.1, -0.05) is 72.8 Å². The zero-order valence-electron chi connectivity index (χ0n) is 11.6. The molecule has 0 nitrogen and oxygen atoms in total. The summed E-state index contributed by atoms with van der Waals surface area (Å²) >= 11 is 0. The molecule has 2 bridgehead atoms. The lowest BCUT2D eigenvalue weighted by molar-refractivity contribution is 0.704. The Kier molecular flexibility index (Phi) is 1.99. The predicted molar refractivity (Wildman–Crippen MR) is 85.9 cm³/mol. The molecule has 0 aliphatic heterocycles. The van der Waals surface area contributed by atoms with Crippen LogP contribution in [0, 0.1) is 0 Å². The molecule has 3 aromatic carbocycles. The van der Waals surface area contributed by atoms with E-state index >= 15 is 0 Å². The van der Waals surface area contributed by atoms with Crippen LogP contribution in [-0.2, 0) is 5.31 Å².